The number of likely N-dealkylation sites (N-methyl/N-ethyl adjacent to an activating group) is 1. The molecule has 206 valence electrons. The van der Waals surface area contributed by atoms with Gasteiger partial charge in [0.05, 0.1) is 55.0 Å². The third kappa shape index (κ3) is 4.92. The molecular formula is C26H30FN7O5. The number of ether oxygens (including phenoxy) is 1. The standard InChI is InChI=1S/C26H30FN7O5/c1-16(35)29-14-19-15-32(26(38)39-19)18-4-6-23(21(27)12-18)31-7-9-33-22-5-3-17(30(2)24(36)13-28)11-20(22)25(37)34(33)10-8-31/h3-6,11-12,19H,7-10,13-15,28H2,1-2H3,(H,29,35)/t19-/m0/s1. The van der Waals surface area contributed by atoms with Gasteiger partial charge in [-0.05, 0) is 36.4 Å². The van der Waals surface area contributed by atoms with Gasteiger partial charge in [-0.1, -0.05) is 0 Å². The molecule has 1 atom stereocenters. The van der Waals surface area contributed by atoms with Crippen LogP contribution >= 0.6 is 0 Å². The predicted octanol–water partition coefficient (Wildman–Crippen LogP) is 0.845. The average Bonchev–Trinajstić information content (AvgIpc) is 3.32. The molecule has 3 aromatic rings. The topological polar surface area (TPSA) is 135 Å². The zero-order valence-corrected chi connectivity index (χ0v) is 21.7. The van der Waals surface area contributed by atoms with Crippen molar-refractivity contribution in [2.45, 2.75) is 26.1 Å². The number of fused-ring (bicyclic) bond motifs is 3. The highest BCUT2D eigenvalue weighted by Gasteiger charge is 2.33. The number of carbonyl (C=O) groups is 3. The van der Waals surface area contributed by atoms with Crippen molar-refractivity contribution < 1.29 is 23.5 Å². The van der Waals surface area contributed by atoms with E-state index in [1.54, 1.807) is 36.0 Å². The number of cyclic esters (lactones) is 1. The van der Waals surface area contributed by atoms with Gasteiger partial charge in [0.25, 0.3) is 5.56 Å². The zero-order chi connectivity index (χ0) is 27.8. The number of nitrogens with two attached hydrogens (primary N) is 1. The molecule has 39 heavy (non-hydrogen) atoms. The number of anilines is 3. The smallest absolute Gasteiger partial charge is 0.414 e. The molecule has 3 heterocycles. The van der Waals surface area contributed by atoms with E-state index in [4.69, 9.17) is 10.5 Å². The van der Waals surface area contributed by atoms with Gasteiger partial charge in [0.15, 0.2) is 0 Å². The molecule has 0 unspecified atom stereocenters. The highest BCUT2D eigenvalue weighted by molar-refractivity contribution is 5.96. The van der Waals surface area contributed by atoms with Crippen molar-refractivity contribution in [1.82, 2.24) is 14.7 Å². The first kappa shape index (κ1) is 26.2. The Kier molecular flexibility index (Phi) is 7.00. The van der Waals surface area contributed by atoms with Crippen LogP contribution in [0.15, 0.2) is 41.2 Å². The van der Waals surface area contributed by atoms with E-state index in [-0.39, 0.29) is 37.0 Å². The third-order valence-corrected chi connectivity index (χ3v) is 7.15. The van der Waals surface area contributed by atoms with Crippen molar-refractivity contribution in [1.29, 1.82) is 0 Å². The van der Waals surface area contributed by atoms with Crippen molar-refractivity contribution in [2.75, 3.05) is 54.5 Å². The molecule has 1 fully saturated rings. The largest absolute Gasteiger partial charge is 0.442 e. The van der Waals surface area contributed by atoms with Gasteiger partial charge in [0.1, 0.15) is 11.9 Å². The molecule has 2 aliphatic rings. The molecule has 0 saturated carbocycles. The van der Waals surface area contributed by atoms with Gasteiger partial charge < -0.3 is 25.6 Å². The lowest BCUT2D eigenvalue weighted by Crippen LogP contribution is -2.33. The van der Waals surface area contributed by atoms with Crippen LogP contribution in [0.25, 0.3) is 10.9 Å². The molecule has 1 aromatic heterocycles. The first-order chi connectivity index (χ1) is 18.7. The molecule has 0 spiro atoms. The highest BCUT2D eigenvalue weighted by Crippen LogP contribution is 2.29. The van der Waals surface area contributed by atoms with Gasteiger partial charge >= 0.3 is 6.09 Å². The summed E-state index contributed by atoms with van der Waals surface area (Å²) in [6.07, 6.45) is -1.12. The Morgan fingerprint density at radius 1 is 1.10 bits per heavy atom. The van der Waals surface area contributed by atoms with E-state index >= 15 is 4.39 Å². The van der Waals surface area contributed by atoms with Crippen molar-refractivity contribution in [3.63, 3.8) is 0 Å². The lowest BCUT2D eigenvalue weighted by molar-refractivity contribution is -0.119. The van der Waals surface area contributed by atoms with E-state index < -0.39 is 18.0 Å². The molecule has 5 rings (SSSR count). The molecule has 2 aromatic carbocycles. The maximum absolute atomic E-state index is 15.3. The van der Waals surface area contributed by atoms with Crippen LogP contribution in [0.5, 0.6) is 0 Å². The number of halogens is 1. The lowest BCUT2D eigenvalue weighted by atomic mass is 10.2. The molecule has 0 bridgehead atoms. The van der Waals surface area contributed by atoms with Crippen LogP contribution in [0, 0.1) is 5.82 Å². The van der Waals surface area contributed by atoms with Crippen molar-refractivity contribution in [2.24, 2.45) is 5.73 Å². The Labute approximate surface area is 223 Å². The van der Waals surface area contributed by atoms with E-state index in [9.17, 15) is 19.2 Å². The third-order valence-electron chi connectivity index (χ3n) is 7.15. The second-order valence-electron chi connectivity index (χ2n) is 9.59. The minimum atomic E-state index is -0.598. The van der Waals surface area contributed by atoms with Gasteiger partial charge in [0, 0.05) is 32.7 Å². The molecule has 3 N–H and O–H groups in total. The Balaban J connectivity index is 1.32. The van der Waals surface area contributed by atoms with E-state index in [0.29, 0.717) is 48.6 Å². The summed E-state index contributed by atoms with van der Waals surface area (Å²) in [6, 6.07) is 9.85. The Hall–Kier alpha value is -4.39. The van der Waals surface area contributed by atoms with Gasteiger partial charge in [0.2, 0.25) is 11.8 Å². The number of rotatable bonds is 6. The lowest BCUT2D eigenvalue weighted by Gasteiger charge is -2.24. The van der Waals surface area contributed by atoms with Crippen LogP contribution in [-0.4, -0.2) is 73.1 Å². The molecule has 2 aliphatic heterocycles. The minimum absolute atomic E-state index is 0.131. The first-order valence-corrected chi connectivity index (χ1v) is 12.6. The second kappa shape index (κ2) is 10.4. The number of amides is 3. The number of hydrogen-bond acceptors (Lipinski definition) is 7. The summed E-state index contributed by atoms with van der Waals surface area (Å²) in [5.41, 5.74) is 7.34. The number of carbonyl (C=O) groups excluding carboxylic acids is 3. The summed E-state index contributed by atoms with van der Waals surface area (Å²) in [6.45, 7) is 3.27. The maximum Gasteiger partial charge on any atom is 0.414 e. The molecule has 3 amide bonds. The van der Waals surface area contributed by atoms with E-state index in [2.05, 4.69) is 5.32 Å². The predicted molar refractivity (Wildman–Crippen MR) is 144 cm³/mol. The Morgan fingerprint density at radius 2 is 1.85 bits per heavy atom. The van der Waals surface area contributed by atoms with Gasteiger partial charge in [-0.3, -0.25) is 24.0 Å². The fourth-order valence-electron chi connectivity index (χ4n) is 5.05. The molecule has 0 radical (unpaired) electrons. The summed E-state index contributed by atoms with van der Waals surface area (Å²) in [5, 5.41) is 3.12. The monoisotopic (exact) mass is 539 g/mol. The molecule has 12 nitrogen and oxygen atoms in total. The van der Waals surface area contributed by atoms with Gasteiger partial charge in [-0.25, -0.2) is 13.9 Å². The summed E-state index contributed by atoms with van der Waals surface area (Å²) in [4.78, 5) is 53.3. The molecule has 0 aliphatic carbocycles. The fraction of sp³-hybridized carbons (Fsp3) is 0.385. The summed E-state index contributed by atoms with van der Waals surface area (Å²) >= 11 is 0. The Morgan fingerprint density at radius 3 is 2.54 bits per heavy atom. The highest BCUT2D eigenvalue weighted by atomic mass is 19.1. The van der Waals surface area contributed by atoms with Crippen molar-refractivity contribution in [3.05, 3.63) is 52.6 Å². The maximum atomic E-state index is 15.3. The minimum Gasteiger partial charge on any atom is -0.442 e. The number of benzene rings is 2. The normalized spacial score (nSPS) is 17.1. The summed E-state index contributed by atoms with van der Waals surface area (Å²) in [5.74, 6) is -0.979. The van der Waals surface area contributed by atoms with E-state index in [1.165, 1.54) is 22.8 Å². The molecular weight excluding hydrogens is 509 g/mol. The van der Waals surface area contributed by atoms with Gasteiger partial charge in [-0.2, -0.15) is 0 Å². The average molecular weight is 540 g/mol. The summed E-state index contributed by atoms with van der Waals surface area (Å²) < 4.78 is 24.1. The fourth-order valence-corrected chi connectivity index (χ4v) is 5.05. The number of nitrogens with one attached hydrogen (secondary N) is 1. The summed E-state index contributed by atoms with van der Waals surface area (Å²) in [7, 11) is 1.61. The first-order valence-electron chi connectivity index (χ1n) is 12.6. The Bertz CT molecular complexity index is 1520. The van der Waals surface area contributed by atoms with Crippen LogP contribution in [0.2, 0.25) is 0 Å². The van der Waals surface area contributed by atoms with Crippen LogP contribution in [-0.2, 0) is 27.4 Å². The number of aromatic nitrogens is 2. The van der Waals surface area contributed by atoms with E-state index in [0.717, 1.165) is 5.52 Å². The number of nitrogens with zero attached hydrogens (tertiary/aromatic N) is 5. The molecule has 13 heteroatoms. The van der Waals surface area contributed by atoms with Gasteiger partial charge in [-0.15, -0.1) is 0 Å². The van der Waals surface area contributed by atoms with Crippen LogP contribution in [0.3, 0.4) is 0 Å². The van der Waals surface area contributed by atoms with Crippen LogP contribution < -0.4 is 31.3 Å². The van der Waals surface area contributed by atoms with E-state index in [1.807, 2.05) is 15.6 Å². The van der Waals surface area contributed by atoms with Crippen LogP contribution in [0.1, 0.15) is 6.92 Å². The van der Waals surface area contributed by atoms with Crippen molar-refractivity contribution in [3.8, 4) is 0 Å². The second-order valence-corrected chi connectivity index (χ2v) is 9.59. The SMILES string of the molecule is CC(=O)NC[C@H]1CN(c2ccc(N3CCn4c(=O)c5cc(N(C)C(=O)CN)ccc5n4CC3)c(F)c2)C(=O)O1. The van der Waals surface area contributed by atoms with Crippen LogP contribution in [0.4, 0.5) is 26.2 Å². The molecule has 1 saturated heterocycles. The zero-order valence-electron chi connectivity index (χ0n) is 21.7. The van der Waals surface area contributed by atoms with Crippen molar-refractivity contribution >= 4 is 45.9 Å². The quantitative estimate of drug-likeness (QED) is 0.474. The number of hydrogen-bond donors (Lipinski definition) is 2.